The SMILES string of the molecule is CNC(=O)/C(=N\OCF)c1ccccc1Oc1nc(-c2cccc(OC(F)F)c2)ns1. The van der Waals surface area contributed by atoms with E-state index in [0.29, 0.717) is 5.56 Å². The van der Waals surface area contributed by atoms with Crippen molar-refractivity contribution in [1.82, 2.24) is 14.7 Å². The summed E-state index contributed by atoms with van der Waals surface area (Å²) >= 11 is 0.907. The number of benzene rings is 2. The number of rotatable bonds is 9. The number of aromatic nitrogens is 2. The second-order valence-electron chi connectivity index (χ2n) is 5.65. The first kappa shape index (κ1) is 22.0. The molecule has 0 saturated carbocycles. The van der Waals surface area contributed by atoms with Crippen molar-refractivity contribution in [1.29, 1.82) is 0 Å². The molecule has 0 bridgehead atoms. The number of nitrogens with one attached hydrogen (secondary N) is 1. The zero-order valence-corrected chi connectivity index (χ0v) is 16.7. The van der Waals surface area contributed by atoms with Gasteiger partial charge < -0.3 is 19.6 Å². The lowest BCUT2D eigenvalue weighted by Gasteiger charge is -2.10. The molecule has 2 aromatic carbocycles. The Morgan fingerprint density at radius 3 is 2.77 bits per heavy atom. The Bertz CT molecular complexity index is 1080. The van der Waals surface area contributed by atoms with Gasteiger partial charge in [-0.15, -0.1) is 0 Å². The smallest absolute Gasteiger partial charge is 0.387 e. The van der Waals surface area contributed by atoms with Crippen LogP contribution in [0.5, 0.6) is 16.7 Å². The molecule has 31 heavy (non-hydrogen) atoms. The lowest BCUT2D eigenvalue weighted by Crippen LogP contribution is -2.29. The third-order valence-electron chi connectivity index (χ3n) is 3.71. The highest BCUT2D eigenvalue weighted by molar-refractivity contribution is 7.07. The number of halogens is 3. The average molecular weight is 452 g/mol. The van der Waals surface area contributed by atoms with Crippen molar-refractivity contribution in [3.05, 3.63) is 54.1 Å². The topological polar surface area (TPSA) is 94.9 Å². The lowest BCUT2D eigenvalue weighted by molar-refractivity contribution is -0.114. The molecular weight excluding hydrogens is 437 g/mol. The first-order valence-corrected chi connectivity index (χ1v) is 9.43. The first-order valence-electron chi connectivity index (χ1n) is 8.66. The van der Waals surface area contributed by atoms with Crippen LogP contribution in [0.2, 0.25) is 0 Å². The van der Waals surface area contributed by atoms with Crippen LogP contribution in [-0.4, -0.2) is 41.5 Å². The molecule has 0 aliphatic rings. The van der Waals surface area contributed by atoms with Gasteiger partial charge in [0, 0.05) is 24.1 Å². The predicted octanol–water partition coefficient (Wildman–Crippen LogP) is 3.99. The maximum absolute atomic E-state index is 12.4. The van der Waals surface area contributed by atoms with Crippen LogP contribution in [-0.2, 0) is 9.63 Å². The number of alkyl halides is 3. The van der Waals surface area contributed by atoms with Crippen molar-refractivity contribution in [2.24, 2.45) is 5.16 Å². The van der Waals surface area contributed by atoms with Gasteiger partial charge in [-0.1, -0.05) is 29.4 Å². The van der Waals surface area contributed by atoms with E-state index in [4.69, 9.17) is 4.74 Å². The predicted molar refractivity (Wildman–Crippen MR) is 106 cm³/mol. The Morgan fingerprint density at radius 1 is 1.23 bits per heavy atom. The first-order chi connectivity index (χ1) is 15.0. The molecule has 3 aromatic rings. The molecule has 12 heteroatoms. The molecule has 3 rings (SSSR count). The van der Waals surface area contributed by atoms with E-state index in [-0.39, 0.29) is 33.8 Å². The molecule has 0 radical (unpaired) electrons. The molecule has 0 aliphatic carbocycles. The minimum Gasteiger partial charge on any atom is -0.435 e. The Hall–Kier alpha value is -3.67. The summed E-state index contributed by atoms with van der Waals surface area (Å²) in [5.74, 6) is -0.212. The number of carbonyl (C=O) groups excluding carboxylic acids is 1. The van der Waals surface area contributed by atoms with E-state index in [1.165, 1.54) is 31.3 Å². The van der Waals surface area contributed by atoms with Crippen LogP contribution < -0.4 is 14.8 Å². The van der Waals surface area contributed by atoms with E-state index >= 15 is 0 Å². The van der Waals surface area contributed by atoms with Crippen LogP contribution >= 0.6 is 11.5 Å². The molecule has 0 unspecified atom stereocenters. The van der Waals surface area contributed by atoms with Gasteiger partial charge in [0.05, 0.1) is 5.56 Å². The van der Waals surface area contributed by atoms with Gasteiger partial charge in [-0.2, -0.15) is 18.1 Å². The van der Waals surface area contributed by atoms with Gasteiger partial charge in [0.25, 0.3) is 18.0 Å². The van der Waals surface area contributed by atoms with Gasteiger partial charge in [-0.05, 0) is 24.3 Å². The Balaban J connectivity index is 1.87. The van der Waals surface area contributed by atoms with Crippen LogP contribution in [0.3, 0.4) is 0 Å². The summed E-state index contributed by atoms with van der Waals surface area (Å²) in [6.07, 6.45) is 0. The van der Waals surface area contributed by atoms with Gasteiger partial charge in [-0.3, -0.25) is 4.79 Å². The molecule has 8 nitrogen and oxygen atoms in total. The highest BCUT2D eigenvalue weighted by atomic mass is 32.1. The van der Waals surface area contributed by atoms with Crippen molar-refractivity contribution in [2.45, 2.75) is 6.61 Å². The Labute approximate surface area is 178 Å². The summed E-state index contributed by atoms with van der Waals surface area (Å²) < 4.78 is 51.5. The second kappa shape index (κ2) is 10.4. The fourth-order valence-corrected chi connectivity index (χ4v) is 3.01. The normalized spacial score (nSPS) is 11.3. The molecule has 1 amide bonds. The van der Waals surface area contributed by atoms with E-state index in [9.17, 15) is 18.0 Å². The number of para-hydroxylation sites is 1. The number of nitrogens with zero attached hydrogens (tertiary/aromatic N) is 3. The fraction of sp³-hybridized carbons (Fsp3) is 0.158. The quantitative estimate of drug-likeness (QED) is 0.390. The van der Waals surface area contributed by atoms with Crippen LogP contribution in [0.15, 0.2) is 53.7 Å². The summed E-state index contributed by atoms with van der Waals surface area (Å²) in [5.41, 5.74) is 0.484. The third-order valence-corrected chi connectivity index (χ3v) is 4.31. The molecule has 0 saturated heterocycles. The number of likely N-dealkylation sites (N-methyl/N-ethyl adjacent to an activating group) is 1. The minimum atomic E-state index is -2.95. The van der Waals surface area contributed by atoms with Gasteiger partial charge in [0.15, 0.2) is 11.5 Å². The van der Waals surface area contributed by atoms with Crippen molar-refractivity contribution < 1.29 is 32.3 Å². The zero-order valence-electron chi connectivity index (χ0n) is 15.9. The fourth-order valence-electron chi connectivity index (χ4n) is 2.45. The van der Waals surface area contributed by atoms with E-state index in [1.807, 2.05) is 0 Å². The monoisotopic (exact) mass is 452 g/mol. The van der Waals surface area contributed by atoms with Crippen molar-refractivity contribution in [3.8, 4) is 28.1 Å². The summed E-state index contributed by atoms with van der Waals surface area (Å²) in [5, 5.41) is 6.02. The van der Waals surface area contributed by atoms with E-state index in [0.717, 1.165) is 11.5 Å². The van der Waals surface area contributed by atoms with Gasteiger partial charge in [0.1, 0.15) is 11.5 Å². The number of hydrogen-bond acceptors (Lipinski definition) is 8. The number of oxime groups is 1. The summed E-state index contributed by atoms with van der Waals surface area (Å²) in [6, 6.07) is 12.3. The molecule has 1 aromatic heterocycles. The van der Waals surface area contributed by atoms with Crippen LogP contribution in [0.4, 0.5) is 13.2 Å². The molecule has 0 spiro atoms. The molecule has 0 fully saturated rings. The third kappa shape index (κ3) is 5.69. The van der Waals surface area contributed by atoms with Crippen molar-refractivity contribution in [3.63, 3.8) is 0 Å². The lowest BCUT2D eigenvalue weighted by atomic mass is 10.1. The molecule has 0 aliphatic heterocycles. The van der Waals surface area contributed by atoms with E-state index < -0.39 is 19.4 Å². The van der Waals surface area contributed by atoms with E-state index in [1.54, 1.807) is 24.3 Å². The highest BCUT2D eigenvalue weighted by Gasteiger charge is 2.20. The van der Waals surface area contributed by atoms with Crippen LogP contribution in [0.1, 0.15) is 5.56 Å². The molecule has 1 heterocycles. The van der Waals surface area contributed by atoms with Gasteiger partial charge in [-0.25, -0.2) is 4.39 Å². The maximum atomic E-state index is 12.4. The maximum Gasteiger partial charge on any atom is 0.387 e. The minimum absolute atomic E-state index is 0.0330. The molecule has 1 N–H and O–H groups in total. The molecule has 0 atom stereocenters. The van der Waals surface area contributed by atoms with E-state index in [2.05, 4.69) is 29.4 Å². The average Bonchev–Trinajstić information content (AvgIpc) is 3.23. The number of ether oxygens (including phenoxy) is 2. The summed E-state index contributed by atoms with van der Waals surface area (Å²) in [4.78, 5) is 20.8. The van der Waals surface area contributed by atoms with Crippen molar-refractivity contribution >= 4 is 23.2 Å². The Morgan fingerprint density at radius 2 is 2.03 bits per heavy atom. The second-order valence-corrected chi connectivity index (χ2v) is 6.36. The Kier molecular flexibility index (Phi) is 7.38. The van der Waals surface area contributed by atoms with Gasteiger partial charge in [0.2, 0.25) is 0 Å². The highest BCUT2D eigenvalue weighted by Crippen LogP contribution is 2.31. The number of hydrogen-bond donors (Lipinski definition) is 1. The van der Waals surface area contributed by atoms with Crippen LogP contribution in [0, 0.1) is 0 Å². The molecular formula is C19H15F3N4O4S. The standard InChI is InChI=1S/C19H15F3N4O4S/c1-23-17(27)15(25-28-10-20)13-7-2-3-8-14(13)30-19-24-16(26-31-19)11-5-4-6-12(9-11)29-18(21)22/h2-9,18H,10H2,1H3,(H,23,27)/b25-15-. The van der Waals surface area contributed by atoms with Crippen molar-refractivity contribution in [2.75, 3.05) is 13.9 Å². The van der Waals surface area contributed by atoms with Gasteiger partial charge >= 0.3 is 6.61 Å². The van der Waals surface area contributed by atoms with Crippen LogP contribution in [0.25, 0.3) is 11.4 Å². The zero-order chi connectivity index (χ0) is 22.2. The largest absolute Gasteiger partial charge is 0.435 e. The number of amides is 1. The number of carbonyl (C=O) groups is 1. The summed E-state index contributed by atoms with van der Waals surface area (Å²) in [6.45, 7) is -4.16. The summed E-state index contributed by atoms with van der Waals surface area (Å²) in [7, 11) is 1.39. The molecule has 162 valence electrons.